The van der Waals surface area contributed by atoms with Crippen molar-refractivity contribution in [1.82, 2.24) is 5.16 Å². The normalized spacial score (nSPS) is 11.9. The number of carbonyl (C=O) groups is 1. The van der Waals surface area contributed by atoms with E-state index in [1.165, 1.54) is 6.26 Å². The highest BCUT2D eigenvalue weighted by Crippen LogP contribution is 2.24. The largest absolute Gasteiger partial charge is 0.479 e. The predicted molar refractivity (Wildman–Crippen MR) is 66.7 cm³/mol. The van der Waals surface area contributed by atoms with Crippen molar-refractivity contribution < 1.29 is 14.1 Å². The first-order valence-corrected chi connectivity index (χ1v) is 5.67. The molecule has 0 radical (unpaired) electrons. The smallest absolute Gasteiger partial charge is 0.266 e. The molecule has 18 heavy (non-hydrogen) atoms. The maximum atomic E-state index is 11.8. The van der Waals surface area contributed by atoms with Crippen LogP contribution in [0.25, 0.3) is 0 Å². The second-order valence-electron chi connectivity index (χ2n) is 3.56. The number of aromatic nitrogens is 1. The Bertz CT molecular complexity index is 528. The number of halogens is 1. The summed E-state index contributed by atoms with van der Waals surface area (Å²) in [5.41, 5.74) is 0. The minimum absolute atomic E-state index is 0.330. The Morgan fingerprint density at radius 3 is 2.89 bits per heavy atom. The number of carbonyl (C=O) groups excluding carboxylic acids is 1. The van der Waals surface area contributed by atoms with Crippen LogP contribution in [0.3, 0.4) is 0 Å². The fourth-order valence-corrected chi connectivity index (χ4v) is 1.47. The third-order valence-corrected chi connectivity index (χ3v) is 2.51. The van der Waals surface area contributed by atoms with Crippen LogP contribution in [-0.4, -0.2) is 17.2 Å². The van der Waals surface area contributed by atoms with Gasteiger partial charge in [0.15, 0.2) is 11.9 Å². The van der Waals surface area contributed by atoms with E-state index in [1.54, 1.807) is 37.3 Å². The third kappa shape index (κ3) is 3.01. The van der Waals surface area contributed by atoms with Crippen molar-refractivity contribution in [2.45, 2.75) is 13.0 Å². The highest BCUT2D eigenvalue weighted by atomic mass is 35.5. The minimum atomic E-state index is -0.693. The van der Waals surface area contributed by atoms with Crippen molar-refractivity contribution in [1.29, 1.82) is 0 Å². The number of para-hydroxylation sites is 1. The van der Waals surface area contributed by atoms with Crippen molar-refractivity contribution in [2.24, 2.45) is 0 Å². The van der Waals surface area contributed by atoms with E-state index in [1.807, 2.05) is 0 Å². The molecule has 1 aromatic carbocycles. The molecule has 94 valence electrons. The lowest BCUT2D eigenvalue weighted by atomic mass is 10.3. The van der Waals surface area contributed by atoms with E-state index in [-0.39, 0.29) is 5.91 Å². The van der Waals surface area contributed by atoms with Gasteiger partial charge in [0, 0.05) is 6.07 Å². The molecule has 2 aromatic rings. The summed E-state index contributed by atoms with van der Waals surface area (Å²) in [5.74, 6) is 0.473. The molecule has 0 saturated heterocycles. The van der Waals surface area contributed by atoms with Crippen LogP contribution in [0.5, 0.6) is 5.75 Å². The molecule has 1 N–H and O–H groups in total. The van der Waals surface area contributed by atoms with E-state index >= 15 is 0 Å². The van der Waals surface area contributed by atoms with Crippen LogP contribution < -0.4 is 10.1 Å². The van der Waals surface area contributed by atoms with Gasteiger partial charge in [0.05, 0.1) is 5.02 Å². The average Bonchev–Trinajstić information content (AvgIpc) is 2.84. The van der Waals surface area contributed by atoms with Gasteiger partial charge in [-0.2, -0.15) is 0 Å². The lowest BCUT2D eigenvalue weighted by Gasteiger charge is -2.14. The summed E-state index contributed by atoms with van der Waals surface area (Å²) in [6.07, 6.45) is 0.677. The first kappa shape index (κ1) is 12.4. The summed E-state index contributed by atoms with van der Waals surface area (Å²) in [5, 5.41) is 6.58. The topological polar surface area (TPSA) is 64.4 Å². The number of ether oxygens (including phenoxy) is 1. The molecule has 0 aliphatic carbocycles. The average molecular weight is 267 g/mol. The number of benzene rings is 1. The second-order valence-corrected chi connectivity index (χ2v) is 3.97. The van der Waals surface area contributed by atoms with Gasteiger partial charge < -0.3 is 14.6 Å². The van der Waals surface area contributed by atoms with Gasteiger partial charge >= 0.3 is 0 Å². The Kier molecular flexibility index (Phi) is 3.84. The van der Waals surface area contributed by atoms with Crippen LogP contribution >= 0.6 is 11.6 Å². The van der Waals surface area contributed by atoms with Crippen LogP contribution in [0, 0.1) is 0 Å². The Hall–Kier alpha value is -2.01. The number of hydrogen-bond acceptors (Lipinski definition) is 4. The molecule has 1 amide bonds. The van der Waals surface area contributed by atoms with Crippen LogP contribution in [0.15, 0.2) is 41.1 Å². The SMILES string of the molecule is C[C@@H](Oc1ccccc1Cl)C(=O)Nc1ccon1. The molecule has 0 spiro atoms. The minimum Gasteiger partial charge on any atom is -0.479 e. The van der Waals surface area contributed by atoms with E-state index in [9.17, 15) is 4.79 Å². The molecule has 1 aromatic heterocycles. The van der Waals surface area contributed by atoms with Gasteiger partial charge in [-0.25, -0.2) is 0 Å². The van der Waals surface area contributed by atoms with Gasteiger partial charge in [-0.3, -0.25) is 4.79 Å². The van der Waals surface area contributed by atoms with Gasteiger partial charge in [-0.05, 0) is 19.1 Å². The molecular formula is C12H11ClN2O3. The van der Waals surface area contributed by atoms with Crippen molar-refractivity contribution >= 4 is 23.3 Å². The molecule has 1 heterocycles. The zero-order valence-corrected chi connectivity index (χ0v) is 10.3. The summed E-state index contributed by atoms with van der Waals surface area (Å²) in [7, 11) is 0. The Balaban J connectivity index is 1.97. The first-order chi connectivity index (χ1) is 8.66. The monoisotopic (exact) mass is 266 g/mol. The zero-order valence-electron chi connectivity index (χ0n) is 9.59. The van der Waals surface area contributed by atoms with Gasteiger partial charge in [0.1, 0.15) is 12.0 Å². The zero-order chi connectivity index (χ0) is 13.0. The van der Waals surface area contributed by atoms with Crippen molar-refractivity contribution in [3.63, 3.8) is 0 Å². The molecule has 0 aliphatic heterocycles. The van der Waals surface area contributed by atoms with E-state index in [4.69, 9.17) is 16.3 Å². The maximum Gasteiger partial charge on any atom is 0.266 e. The highest BCUT2D eigenvalue weighted by Gasteiger charge is 2.16. The maximum absolute atomic E-state index is 11.8. The molecule has 1 atom stereocenters. The lowest BCUT2D eigenvalue weighted by molar-refractivity contribution is -0.122. The van der Waals surface area contributed by atoms with Crippen LogP contribution in [0.4, 0.5) is 5.82 Å². The van der Waals surface area contributed by atoms with E-state index in [0.29, 0.717) is 16.6 Å². The molecule has 6 heteroatoms. The van der Waals surface area contributed by atoms with Gasteiger partial charge in [0.2, 0.25) is 0 Å². The second kappa shape index (κ2) is 5.55. The van der Waals surface area contributed by atoms with Gasteiger partial charge in [-0.1, -0.05) is 28.9 Å². The number of nitrogens with zero attached hydrogens (tertiary/aromatic N) is 1. The van der Waals surface area contributed by atoms with E-state index in [0.717, 1.165) is 0 Å². The van der Waals surface area contributed by atoms with E-state index in [2.05, 4.69) is 15.0 Å². The van der Waals surface area contributed by atoms with Crippen LogP contribution in [0.2, 0.25) is 5.02 Å². The van der Waals surface area contributed by atoms with Gasteiger partial charge in [-0.15, -0.1) is 0 Å². The molecule has 5 nitrogen and oxygen atoms in total. The van der Waals surface area contributed by atoms with Crippen LogP contribution in [-0.2, 0) is 4.79 Å². The fourth-order valence-electron chi connectivity index (χ4n) is 1.29. The Labute approximate surface area is 109 Å². The van der Waals surface area contributed by atoms with Crippen LogP contribution in [0.1, 0.15) is 6.92 Å². The lowest BCUT2D eigenvalue weighted by Crippen LogP contribution is -2.30. The molecule has 0 saturated carbocycles. The summed E-state index contributed by atoms with van der Waals surface area (Å²) in [6.45, 7) is 1.62. The molecular weight excluding hydrogens is 256 g/mol. The summed E-state index contributed by atoms with van der Waals surface area (Å²) in [6, 6.07) is 8.50. The van der Waals surface area contributed by atoms with E-state index < -0.39 is 6.10 Å². The molecule has 0 aliphatic rings. The molecule has 0 unspecified atom stereocenters. The standard InChI is InChI=1S/C12H11ClN2O3/c1-8(12(16)14-11-6-7-17-15-11)18-10-5-3-2-4-9(10)13/h2-8H,1H3,(H,14,15,16)/t8-/m1/s1. The Morgan fingerprint density at radius 1 is 1.44 bits per heavy atom. The molecule has 2 rings (SSSR count). The van der Waals surface area contributed by atoms with Crippen molar-refractivity contribution in [3.05, 3.63) is 41.6 Å². The summed E-state index contributed by atoms with van der Waals surface area (Å²) >= 11 is 5.93. The van der Waals surface area contributed by atoms with Crippen molar-refractivity contribution in [2.75, 3.05) is 5.32 Å². The quantitative estimate of drug-likeness (QED) is 0.924. The third-order valence-electron chi connectivity index (χ3n) is 2.20. The summed E-state index contributed by atoms with van der Waals surface area (Å²) in [4.78, 5) is 11.8. The van der Waals surface area contributed by atoms with Crippen molar-refractivity contribution in [3.8, 4) is 5.75 Å². The van der Waals surface area contributed by atoms with Gasteiger partial charge in [0.25, 0.3) is 5.91 Å². The number of amides is 1. The molecule has 0 bridgehead atoms. The number of anilines is 1. The number of rotatable bonds is 4. The first-order valence-electron chi connectivity index (χ1n) is 5.29. The predicted octanol–water partition coefficient (Wildman–Crippen LogP) is 2.73. The number of hydrogen-bond donors (Lipinski definition) is 1. The Morgan fingerprint density at radius 2 is 2.22 bits per heavy atom. The fraction of sp³-hybridized carbons (Fsp3) is 0.167. The summed E-state index contributed by atoms with van der Waals surface area (Å²) < 4.78 is 10.1. The highest BCUT2D eigenvalue weighted by molar-refractivity contribution is 6.32. The number of nitrogens with one attached hydrogen (secondary N) is 1. The molecule has 0 fully saturated rings.